The summed E-state index contributed by atoms with van der Waals surface area (Å²) in [5.74, 6) is 0. The van der Waals surface area contributed by atoms with Crippen molar-refractivity contribution in [2.24, 2.45) is 0 Å². The second-order valence-electron chi connectivity index (χ2n) is 2.44. The molecule has 0 nitrogen and oxygen atoms in total. The van der Waals surface area contributed by atoms with Crippen LogP contribution < -0.4 is 0 Å². The normalized spacial score (nSPS) is 8.70. The predicted octanol–water partition coefficient (Wildman–Crippen LogP) is 0.384. The summed E-state index contributed by atoms with van der Waals surface area (Å²) in [6.45, 7) is 6.77. The third kappa shape index (κ3) is 4.34. The summed E-state index contributed by atoms with van der Waals surface area (Å²) < 4.78 is 0. The summed E-state index contributed by atoms with van der Waals surface area (Å²) in [6, 6.07) is 0. The topological polar surface area (TPSA) is 0 Å². The maximum atomic E-state index is 2.26. The third-order valence-electron chi connectivity index (χ3n) is 1.99. The Hall–Kier alpha value is 0.500. The van der Waals surface area contributed by atoms with Gasteiger partial charge in [0.2, 0.25) is 0 Å². The molecular formula is C8H22GeSi. The fourth-order valence-electron chi connectivity index (χ4n) is 1.10. The molecule has 0 rings (SSSR count). The molecule has 0 aliphatic heterocycles. The van der Waals surface area contributed by atoms with E-state index in [4.69, 9.17) is 0 Å². The molecule has 0 heterocycles. The monoisotopic (exact) mass is 220 g/mol. The van der Waals surface area contributed by atoms with Gasteiger partial charge in [-0.05, 0) is 19.3 Å². The number of hydrogen-bond donors (Lipinski definition) is 0. The summed E-state index contributed by atoms with van der Waals surface area (Å²) in [6.07, 6.45) is 3.82. The number of hydrogen-bond acceptors (Lipinski definition) is 0. The van der Waals surface area contributed by atoms with Crippen LogP contribution in [0.5, 0.6) is 0 Å². The van der Waals surface area contributed by atoms with Gasteiger partial charge in [0.05, 0.1) is 0 Å². The Morgan fingerprint density at radius 1 is 1.00 bits per heavy atom. The molecule has 2 heteroatoms. The Bertz CT molecular complexity index is 102. The number of allylic oxidation sites excluding steroid dienone is 2. The van der Waals surface area contributed by atoms with Gasteiger partial charge in [-0.1, -0.05) is 31.5 Å². The van der Waals surface area contributed by atoms with Gasteiger partial charge < -0.3 is 0 Å². The molecule has 62 valence electrons. The van der Waals surface area contributed by atoms with Gasteiger partial charge in [-0.2, -0.15) is 0 Å². The van der Waals surface area contributed by atoms with Gasteiger partial charge in [-0.15, -0.1) is 0 Å². The van der Waals surface area contributed by atoms with E-state index in [1.807, 2.05) is 0 Å². The standard InChI is InChI=1S/C8H18Si.GeH4/c1-4-7(5-2)8(9)6-3;/h4-6H2,1-3,9H3;1H4. The minimum absolute atomic E-state index is 0. The average Bonchev–Trinajstić information content (AvgIpc) is 1.90. The first-order valence-corrected chi connectivity index (χ1v) is 4.93. The molecule has 0 spiro atoms. The molecule has 0 atom stereocenters. The predicted molar refractivity (Wildman–Crippen MR) is 59.2 cm³/mol. The van der Waals surface area contributed by atoms with Crippen LogP contribution in [0.4, 0.5) is 0 Å². The van der Waals surface area contributed by atoms with E-state index >= 15 is 0 Å². The van der Waals surface area contributed by atoms with Crippen LogP contribution in [0.1, 0.15) is 40.0 Å². The summed E-state index contributed by atoms with van der Waals surface area (Å²) >= 11 is 0. The Morgan fingerprint density at radius 2 is 1.40 bits per heavy atom. The van der Waals surface area contributed by atoms with Crippen LogP contribution in [0.3, 0.4) is 0 Å². The Balaban J connectivity index is 0. The van der Waals surface area contributed by atoms with Gasteiger partial charge in [-0.3, -0.25) is 0 Å². The molecule has 0 unspecified atom stereocenters. The number of rotatable bonds is 3. The van der Waals surface area contributed by atoms with Crippen LogP contribution in [-0.4, -0.2) is 27.8 Å². The van der Waals surface area contributed by atoms with E-state index in [1.165, 1.54) is 29.5 Å². The van der Waals surface area contributed by atoms with Crippen LogP contribution in [0.2, 0.25) is 0 Å². The molecule has 0 aromatic heterocycles. The maximum absolute atomic E-state index is 2.26. The van der Waals surface area contributed by atoms with Crippen LogP contribution in [-0.2, 0) is 0 Å². The van der Waals surface area contributed by atoms with E-state index < -0.39 is 0 Å². The molecule has 0 N–H and O–H groups in total. The van der Waals surface area contributed by atoms with Gasteiger partial charge in [0.1, 0.15) is 0 Å². The molecule has 10 heavy (non-hydrogen) atoms. The molecule has 0 amide bonds. The molecule has 0 radical (unpaired) electrons. The minimum atomic E-state index is 0. The molecule has 0 bridgehead atoms. The fourth-order valence-corrected chi connectivity index (χ4v) is 1.81. The van der Waals surface area contributed by atoms with Crippen LogP contribution in [0.25, 0.3) is 0 Å². The summed E-state index contributed by atoms with van der Waals surface area (Å²) in [4.78, 5) is 0. The van der Waals surface area contributed by atoms with E-state index in [0.717, 1.165) is 0 Å². The van der Waals surface area contributed by atoms with Gasteiger partial charge >= 0.3 is 17.6 Å². The van der Waals surface area contributed by atoms with Crippen molar-refractivity contribution >= 4 is 27.8 Å². The molecule has 0 saturated heterocycles. The zero-order valence-electron chi connectivity index (χ0n) is 7.12. The van der Waals surface area contributed by atoms with Crippen molar-refractivity contribution in [3.63, 3.8) is 0 Å². The molecular weight excluding hydrogens is 197 g/mol. The van der Waals surface area contributed by atoms with Gasteiger partial charge in [0, 0.05) is 10.2 Å². The molecule has 0 saturated carbocycles. The zero-order valence-corrected chi connectivity index (χ0v) is 9.12. The van der Waals surface area contributed by atoms with Crippen molar-refractivity contribution in [2.45, 2.75) is 40.0 Å². The van der Waals surface area contributed by atoms with Crippen molar-refractivity contribution in [1.82, 2.24) is 0 Å². The quantitative estimate of drug-likeness (QED) is 0.602. The van der Waals surface area contributed by atoms with Crippen molar-refractivity contribution in [2.75, 3.05) is 0 Å². The zero-order chi connectivity index (χ0) is 7.28. The van der Waals surface area contributed by atoms with Crippen molar-refractivity contribution in [3.8, 4) is 0 Å². The molecule has 0 aromatic carbocycles. The van der Waals surface area contributed by atoms with Crippen LogP contribution in [0.15, 0.2) is 10.8 Å². The van der Waals surface area contributed by atoms with E-state index in [9.17, 15) is 0 Å². The third-order valence-corrected chi connectivity index (χ3v) is 3.40. The van der Waals surface area contributed by atoms with E-state index in [2.05, 4.69) is 20.8 Å². The molecule has 0 aliphatic rings. The van der Waals surface area contributed by atoms with Crippen LogP contribution in [0, 0.1) is 0 Å². The molecule has 0 aromatic rings. The summed E-state index contributed by atoms with van der Waals surface area (Å²) in [5, 5.41) is 1.72. The van der Waals surface area contributed by atoms with E-state index in [-0.39, 0.29) is 17.6 Å². The second kappa shape index (κ2) is 7.61. The first-order valence-electron chi connectivity index (χ1n) is 3.93. The SMILES string of the molecule is CCC([SiH3])=C(CC)CC.[GeH4]. The summed E-state index contributed by atoms with van der Waals surface area (Å²) in [5.41, 5.74) is 1.70. The van der Waals surface area contributed by atoms with Gasteiger partial charge in [-0.25, -0.2) is 0 Å². The van der Waals surface area contributed by atoms with Crippen molar-refractivity contribution < 1.29 is 0 Å². The first-order chi connectivity index (χ1) is 4.26. The van der Waals surface area contributed by atoms with E-state index in [1.54, 1.807) is 10.8 Å². The van der Waals surface area contributed by atoms with Gasteiger partial charge in [0.25, 0.3) is 0 Å². The first kappa shape index (κ1) is 13.1. The Morgan fingerprint density at radius 3 is 1.50 bits per heavy atom. The summed E-state index contributed by atoms with van der Waals surface area (Å²) in [7, 11) is 1.27. The average molecular weight is 219 g/mol. The fraction of sp³-hybridized carbons (Fsp3) is 0.750. The molecule has 0 aliphatic carbocycles. The van der Waals surface area contributed by atoms with Gasteiger partial charge in [0.15, 0.2) is 0 Å². The Labute approximate surface area is 78.9 Å². The van der Waals surface area contributed by atoms with Crippen molar-refractivity contribution in [1.29, 1.82) is 0 Å². The van der Waals surface area contributed by atoms with Crippen molar-refractivity contribution in [3.05, 3.63) is 10.8 Å². The van der Waals surface area contributed by atoms with E-state index in [0.29, 0.717) is 0 Å². The van der Waals surface area contributed by atoms with Crippen LogP contribution >= 0.6 is 0 Å². The Kier molecular flexibility index (Phi) is 9.97. The molecule has 0 fully saturated rings. The second-order valence-corrected chi connectivity index (χ2v) is 3.65.